The van der Waals surface area contributed by atoms with Crippen molar-refractivity contribution in [3.63, 3.8) is 0 Å². The molecular weight excluding hydrogens is 305 g/mol. The first-order valence-corrected chi connectivity index (χ1v) is 5.38. The molecule has 1 atom stereocenters. The lowest BCUT2D eigenvalue weighted by atomic mass is 10.1. The molecule has 17 heavy (non-hydrogen) atoms. The van der Waals surface area contributed by atoms with Crippen LogP contribution in [0.1, 0.15) is 17.3 Å². The number of carbonyl (C=O) groups excluding carboxylic acids is 1. The van der Waals surface area contributed by atoms with Crippen LogP contribution in [-0.4, -0.2) is 22.1 Å². The lowest BCUT2D eigenvalue weighted by Crippen LogP contribution is -2.17. The summed E-state index contributed by atoms with van der Waals surface area (Å²) >= 11 is 2.99. The van der Waals surface area contributed by atoms with E-state index in [0.717, 1.165) is 18.2 Å². The first kappa shape index (κ1) is 13.8. The third-order valence-electron chi connectivity index (χ3n) is 1.77. The van der Waals surface area contributed by atoms with E-state index in [9.17, 15) is 23.1 Å². The SMILES string of the molecule is CC(Br)C(=O)c1cc(O)cc(OC(F)(F)F)c1. The average Bonchev–Trinajstić information content (AvgIpc) is 2.12. The Balaban J connectivity index is 3.07. The molecule has 0 saturated carbocycles. The minimum Gasteiger partial charge on any atom is -0.508 e. The number of phenolic OH excluding ortho intramolecular Hbond substituents is 1. The van der Waals surface area contributed by atoms with Crippen LogP contribution in [0.4, 0.5) is 13.2 Å². The van der Waals surface area contributed by atoms with E-state index in [0.29, 0.717) is 0 Å². The van der Waals surface area contributed by atoms with Crippen LogP contribution in [0.5, 0.6) is 11.5 Å². The molecule has 94 valence electrons. The van der Waals surface area contributed by atoms with Gasteiger partial charge in [-0.3, -0.25) is 4.79 Å². The van der Waals surface area contributed by atoms with Crippen LogP contribution in [0.3, 0.4) is 0 Å². The average molecular weight is 313 g/mol. The molecule has 0 bridgehead atoms. The number of benzene rings is 1. The summed E-state index contributed by atoms with van der Waals surface area (Å²) in [6.45, 7) is 1.52. The van der Waals surface area contributed by atoms with Gasteiger partial charge in [-0.2, -0.15) is 0 Å². The zero-order valence-corrected chi connectivity index (χ0v) is 10.2. The van der Waals surface area contributed by atoms with Gasteiger partial charge in [0.2, 0.25) is 0 Å². The van der Waals surface area contributed by atoms with Gasteiger partial charge < -0.3 is 9.84 Å². The van der Waals surface area contributed by atoms with Crippen molar-refractivity contribution in [1.82, 2.24) is 0 Å². The Morgan fingerprint density at radius 3 is 2.47 bits per heavy atom. The van der Waals surface area contributed by atoms with Crippen LogP contribution in [0, 0.1) is 0 Å². The monoisotopic (exact) mass is 312 g/mol. The molecule has 1 aromatic carbocycles. The van der Waals surface area contributed by atoms with Crippen LogP contribution in [-0.2, 0) is 0 Å². The largest absolute Gasteiger partial charge is 0.573 e. The van der Waals surface area contributed by atoms with E-state index >= 15 is 0 Å². The van der Waals surface area contributed by atoms with Crippen LogP contribution in [0.25, 0.3) is 0 Å². The molecule has 0 spiro atoms. The van der Waals surface area contributed by atoms with Gasteiger partial charge in [0.05, 0.1) is 4.83 Å². The summed E-state index contributed by atoms with van der Waals surface area (Å²) in [5, 5.41) is 9.21. The zero-order valence-electron chi connectivity index (χ0n) is 8.58. The number of carbonyl (C=O) groups is 1. The van der Waals surface area contributed by atoms with Crippen LogP contribution >= 0.6 is 15.9 Å². The molecule has 1 unspecified atom stereocenters. The van der Waals surface area contributed by atoms with Gasteiger partial charge >= 0.3 is 6.36 Å². The Kier molecular flexibility index (Phi) is 4.03. The first-order valence-electron chi connectivity index (χ1n) is 4.47. The normalized spacial score (nSPS) is 13.2. The number of aromatic hydroxyl groups is 1. The predicted octanol–water partition coefficient (Wildman–Crippen LogP) is 3.26. The van der Waals surface area contributed by atoms with Crippen molar-refractivity contribution in [3.8, 4) is 11.5 Å². The first-order chi connectivity index (χ1) is 7.69. The number of hydrogen-bond acceptors (Lipinski definition) is 3. The number of rotatable bonds is 3. The van der Waals surface area contributed by atoms with Gasteiger partial charge in [0.1, 0.15) is 11.5 Å². The molecule has 0 aromatic heterocycles. The molecule has 7 heteroatoms. The topological polar surface area (TPSA) is 46.5 Å². The molecule has 0 heterocycles. The summed E-state index contributed by atoms with van der Waals surface area (Å²) in [4.78, 5) is 11.0. The van der Waals surface area contributed by atoms with E-state index in [1.54, 1.807) is 0 Å². The lowest BCUT2D eigenvalue weighted by molar-refractivity contribution is -0.274. The minimum atomic E-state index is -4.87. The number of halogens is 4. The lowest BCUT2D eigenvalue weighted by Gasteiger charge is -2.11. The molecule has 0 saturated heterocycles. The minimum absolute atomic E-state index is 0.0615. The summed E-state index contributed by atoms with van der Waals surface area (Å²) < 4.78 is 39.5. The number of phenols is 1. The molecule has 0 aliphatic heterocycles. The quantitative estimate of drug-likeness (QED) is 0.688. The summed E-state index contributed by atoms with van der Waals surface area (Å²) in [5.74, 6) is -1.55. The van der Waals surface area contributed by atoms with E-state index in [4.69, 9.17) is 0 Å². The third kappa shape index (κ3) is 4.26. The number of alkyl halides is 4. The van der Waals surface area contributed by atoms with Crippen molar-refractivity contribution in [1.29, 1.82) is 0 Å². The molecule has 0 amide bonds. The summed E-state index contributed by atoms with van der Waals surface area (Å²) in [6, 6.07) is 2.78. The van der Waals surface area contributed by atoms with Crippen molar-refractivity contribution in [2.24, 2.45) is 0 Å². The number of ketones is 1. The van der Waals surface area contributed by atoms with Crippen molar-refractivity contribution in [2.45, 2.75) is 18.1 Å². The highest BCUT2D eigenvalue weighted by atomic mass is 79.9. The summed E-state index contributed by atoms with van der Waals surface area (Å²) in [6.07, 6.45) is -4.87. The van der Waals surface area contributed by atoms with Crippen LogP contribution < -0.4 is 4.74 Å². The predicted molar refractivity (Wildman–Crippen MR) is 57.5 cm³/mol. The molecule has 0 fully saturated rings. The Morgan fingerprint density at radius 2 is 2.00 bits per heavy atom. The number of hydrogen-bond donors (Lipinski definition) is 1. The summed E-state index contributed by atoms with van der Waals surface area (Å²) in [7, 11) is 0. The maximum Gasteiger partial charge on any atom is 0.573 e. The molecule has 0 aliphatic carbocycles. The van der Waals surface area contributed by atoms with E-state index < -0.39 is 28.5 Å². The standard InChI is InChI=1S/C10H8BrF3O3/c1-5(11)9(16)6-2-7(15)4-8(3-6)17-10(12,13)14/h2-5,15H,1H3. The van der Waals surface area contributed by atoms with E-state index in [2.05, 4.69) is 20.7 Å². The van der Waals surface area contributed by atoms with Gasteiger partial charge in [0, 0.05) is 11.6 Å². The number of ether oxygens (including phenoxy) is 1. The molecule has 0 aliphatic rings. The van der Waals surface area contributed by atoms with Gasteiger partial charge in [0.25, 0.3) is 0 Å². The Hall–Kier alpha value is -1.24. The fraction of sp³-hybridized carbons (Fsp3) is 0.300. The highest BCUT2D eigenvalue weighted by Crippen LogP contribution is 2.28. The van der Waals surface area contributed by atoms with E-state index in [-0.39, 0.29) is 5.56 Å². The maximum absolute atomic E-state index is 12.0. The molecule has 3 nitrogen and oxygen atoms in total. The maximum atomic E-state index is 12.0. The smallest absolute Gasteiger partial charge is 0.508 e. The van der Waals surface area contributed by atoms with Crippen molar-refractivity contribution >= 4 is 21.7 Å². The fourth-order valence-electron chi connectivity index (χ4n) is 1.15. The van der Waals surface area contributed by atoms with E-state index in [1.807, 2.05) is 0 Å². The molecule has 1 N–H and O–H groups in total. The second kappa shape index (κ2) is 4.95. The molecule has 1 rings (SSSR count). The Morgan fingerprint density at radius 1 is 1.41 bits per heavy atom. The van der Waals surface area contributed by atoms with Gasteiger partial charge in [-0.05, 0) is 19.1 Å². The third-order valence-corrected chi connectivity index (χ3v) is 2.19. The molecule has 0 radical (unpaired) electrons. The van der Waals surface area contributed by atoms with Gasteiger partial charge in [0.15, 0.2) is 5.78 Å². The van der Waals surface area contributed by atoms with Crippen molar-refractivity contribution < 1.29 is 27.8 Å². The molecular formula is C10H8BrF3O3. The Bertz CT molecular complexity index is 429. The second-order valence-electron chi connectivity index (χ2n) is 3.24. The van der Waals surface area contributed by atoms with Gasteiger partial charge in [-0.15, -0.1) is 13.2 Å². The highest BCUT2D eigenvalue weighted by Gasteiger charge is 2.31. The van der Waals surface area contributed by atoms with Gasteiger partial charge in [-0.25, -0.2) is 0 Å². The highest BCUT2D eigenvalue weighted by molar-refractivity contribution is 9.10. The van der Waals surface area contributed by atoms with Gasteiger partial charge in [-0.1, -0.05) is 15.9 Å². The fourth-order valence-corrected chi connectivity index (χ4v) is 1.41. The zero-order chi connectivity index (χ0) is 13.2. The van der Waals surface area contributed by atoms with Crippen molar-refractivity contribution in [3.05, 3.63) is 23.8 Å². The van der Waals surface area contributed by atoms with Crippen molar-refractivity contribution in [2.75, 3.05) is 0 Å². The molecule has 1 aromatic rings. The second-order valence-corrected chi connectivity index (χ2v) is 4.62. The van der Waals surface area contributed by atoms with Crippen LogP contribution in [0.15, 0.2) is 18.2 Å². The van der Waals surface area contributed by atoms with E-state index in [1.165, 1.54) is 6.92 Å². The Labute approximate surface area is 103 Å². The van der Waals surface area contributed by atoms with Crippen LogP contribution in [0.2, 0.25) is 0 Å². The summed E-state index contributed by atoms with van der Waals surface area (Å²) in [5.41, 5.74) is -0.0615. The number of Topliss-reactive ketones (excluding diaryl/α,β-unsaturated/α-hetero) is 1.